The van der Waals surface area contributed by atoms with E-state index in [1.54, 1.807) is 6.08 Å². The highest BCUT2D eigenvalue weighted by Crippen LogP contribution is 2.20. The molecule has 0 radical (unpaired) electrons. The summed E-state index contributed by atoms with van der Waals surface area (Å²) in [6, 6.07) is 0. The van der Waals surface area contributed by atoms with Crippen LogP contribution in [0, 0.1) is 0 Å². The van der Waals surface area contributed by atoms with E-state index in [2.05, 4.69) is 0 Å². The standard InChI is InChI=1S/C6H8O3/c7-5-2-1-4-3-8-6(5)9-4/h1-2,4-7H,3H2. The fourth-order valence-corrected chi connectivity index (χ4v) is 1.05. The lowest BCUT2D eigenvalue weighted by Gasteiger charge is -2.17. The predicted molar refractivity (Wildman–Crippen MR) is 29.8 cm³/mol. The van der Waals surface area contributed by atoms with Crippen molar-refractivity contribution in [3.63, 3.8) is 0 Å². The zero-order chi connectivity index (χ0) is 6.27. The molecule has 9 heavy (non-hydrogen) atoms. The molecule has 1 saturated heterocycles. The minimum absolute atomic E-state index is 0.0819. The van der Waals surface area contributed by atoms with Crippen LogP contribution in [0.3, 0.4) is 0 Å². The summed E-state index contributed by atoms with van der Waals surface area (Å²) in [5.74, 6) is 0. The van der Waals surface area contributed by atoms with Gasteiger partial charge in [0.2, 0.25) is 0 Å². The molecule has 2 rings (SSSR count). The van der Waals surface area contributed by atoms with E-state index >= 15 is 0 Å². The number of rotatable bonds is 0. The van der Waals surface area contributed by atoms with E-state index in [4.69, 9.17) is 14.6 Å². The Bertz CT molecular complexity index is 143. The quantitative estimate of drug-likeness (QED) is 0.453. The fourth-order valence-electron chi connectivity index (χ4n) is 1.05. The summed E-state index contributed by atoms with van der Waals surface area (Å²) >= 11 is 0. The first-order valence-electron chi connectivity index (χ1n) is 3.00. The van der Waals surface area contributed by atoms with Crippen LogP contribution < -0.4 is 0 Å². The Morgan fingerprint density at radius 2 is 2.33 bits per heavy atom. The van der Waals surface area contributed by atoms with E-state index < -0.39 is 12.4 Å². The second kappa shape index (κ2) is 1.80. The third-order valence-electron chi connectivity index (χ3n) is 1.54. The molecule has 0 spiro atoms. The molecule has 3 unspecified atom stereocenters. The molecule has 0 amide bonds. The van der Waals surface area contributed by atoms with Crippen LogP contribution in [-0.4, -0.2) is 30.2 Å². The lowest BCUT2D eigenvalue weighted by molar-refractivity contribution is -0.115. The molecule has 3 atom stereocenters. The summed E-state index contributed by atoms with van der Waals surface area (Å²) in [4.78, 5) is 0. The highest BCUT2D eigenvalue weighted by Gasteiger charge is 2.32. The molecule has 2 heterocycles. The number of aliphatic hydroxyl groups excluding tert-OH is 1. The van der Waals surface area contributed by atoms with Crippen molar-refractivity contribution in [3.8, 4) is 0 Å². The SMILES string of the molecule is OC1C=CC2COC1O2. The van der Waals surface area contributed by atoms with Gasteiger partial charge in [0.1, 0.15) is 12.2 Å². The average molecular weight is 128 g/mol. The van der Waals surface area contributed by atoms with E-state index in [0.717, 1.165) is 0 Å². The molecule has 0 aromatic rings. The van der Waals surface area contributed by atoms with Crippen molar-refractivity contribution in [1.82, 2.24) is 0 Å². The van der Waals surface area contributed by atoms with Gasteiger partial charge in [0.15, 0.2) is 6.29 Å². The van der Waals surface area contributed by atoms with Crippen molar-refractivity contribution in [2.45, 2.75) is 18.5 Å². The first-order valence-corrected chi connectivity index (χ1v) is 3.00. The number of hydrogen-bond donors (Lipinski definition) is 1. The van der Waals surface area contributed by atoms with Crippen molar-refractivity contribution in [2.75, 3.05) is 6.61 Å². The van der Waals surface area contributed by atoms with Gasteiger partial charge in [0, 0.05) is 0 Å². The molecular weight excluding hydrogens is 120 g/mol. The minimum atomic E-state index is -0.566. The van der Waals surface area contributed by atoms with Gasteiger partial charge in [-0.25, -0.2) is 0 Å². The van der Waals surface area contributed by atoms with Crippen LogP contribution in [0.1, 0.15) is 0 Å². The summed E-state index contributed by atoms with van der Waals surface area (Å²) in [6.07, 6.45) is 2.65. The molecule has 3 nitrogen and oxygen atoms in total. The second-order valence-electron chi connectivity index (χ2n) is 2.25. The van der Waals surface area contributed by atoms with Crippen molar-refractivity contribution in [3.05, 3.63) is 12.2 Å². The number of ether oxygens (including phenoxy) is 2. The van der Waals surface area contributed by atoms with Crippen molar-refractivity contribution < 1.29 is 14.6 Å². The maximum Gasteiger partial charge on any atom is 0.188 e. The van der Waals surface area contributed by atoms with Gasteiger partial charge >= 0.3 is 0 Å². The zero-order valence-corrected chi connectivity index (χ0v) is 4.86. The van der Waals surface area contributed by atoms with Crippen LogP contribution in [0.5, 0.6) is 0 Å². The molecule has 50 valence electrons. The molecule has 2 aliphatic heterocycles. The van der Waals surface area contributed by atoms with Crippen molar-refractivity contribution in [1.29, 1.82) is 0 Å². The normalized spacial score (nSPS) is 47.9. The topological polar surface area (TPSA) is 38.7 Å². The van der Waals surface area contributed by atoms with Gasteiger partial charge in [-0.1, -0.05) is 12.2 Å². The lowest BCUT2D eigenvalue weighted by Crippen LogP contribution is -2.28. The Labute approximate surface area is 52.9 Å². The molecule has 2 aliphatic rings. The Morgan fingerprint density at radius 1 is 1.44 bits per heavy atom. The maximum atomic E-state index is 9.06. The third kappa shape index (κ3) is 0.775. The van der Waals surface area contributed by atoms with Gasteiger partial charge in [-0.05, 0) is 0 Å². The molecule has 1 fully saturated rings. The van der Waals surface area contributed by atoms with Crippen LogP contribution in [0.4, 0.5) is 0 Å². The molecule has 0 aromatic heterocycles. The molecule has 0 aliphatic carbocycles. The van der Waals surface area contributed by atoms with Crippen LogP contribution >= 0.6 is 0 Å². The van der Waals surface area contributed by atoms with Crippen LogP contribution in [0.2, 0.25) is 0 Å². The summed E-state index contributed by atoms with van der Waals surface area (Å²) in [5.41, 5.74) is 0. The Balaban J connectivity index is 2.19. The van der Waals surface area contributed by atoms with Crippen LogP contribution in [0.25, 0.3) is 0 Å². The van der Waals surface area contributed by atoms with Crippen LogP contribution in [-0.2, 0) is 9.47 Å². The van der Waals surface area contributed by atoms with E-state index in [9.17, 15) is 0 Å². The van der Waals surface area contributed by atoms with Gasteiger partial charge in [0.25, 0.3) is 0 Å². The van der Waals surface area contributed by atoms with Gasteiger partial charge in [0.05, 0.1) is 6.61 Å². The molecule has 0 aromatic carbocycles. The summed E-state index contributed by atoms with van der Waals surface area (Å²) in [5, 5.41) is 9.06. The average Bonchev–Trinajstić information content (AvgIpc) is 2.25. The Morgan fingerprint density at radius 3 is 3.11 bits per heavy atom. The number of aliphatic hydroxyl groups is 1. The first-order chi connectivity index (χ1) is 4.36. The molecule has 2 bridgehead atoms. The number of hydrogen-bond acceptors (Lipinski definition) is 3. The van der Waals surface area contributed by atoms with E-state index in [1.165, 1.54) is 0 Å². The summed E-state index contributed by atoms with van der Waals surface area (Å²) in [7, 11) is 0. The minimum Gasteiger partial charge on any atom is -0.384 e. The van der Waals surface area contributed by atoms with Crippen LogP contribution in [0.15, 0.2) is 12.2 Å². The predicted octanol–water partition coefficient (Wildman–Crippen LogP) is -0.341. The molecule has 0 saturated carbocycles. The molecular formula is C6H8O3. The van der Waals surface area contributed by atoms with Gasteiger partial charge < -0.3 is 14.6 Å². The smallest absolute Gasteiger partial charge is 0.188 e. The van der Waals surface area contributed by atoms with Gasteiger partial charge in [-0.2, -0.15) is 0 Å². The largest absolute Gasteiger partial charge is 0.384 e. The first kappa shape index (κ1) is 5.41. The zero-order valence-electron chi connectivity index (χ0n) is 4.86. The van der Waals surface area contributed by atoms with E-state index in [1.807, 2.05) is 6.08 Å². The number of fused-ring (bicyclic) bond motifs is 2. The maximum absolute atomic E-state index is 9.06. The molecule has 1 N–H and O–H groups in total. The third-order valence-corrected chi connectivity index (χ3v) is 1.54. The van der Waals surface area contributed by atoms with Crippen molar-refractivity contribution >= 4 is 0 Å². The van der Waals surface area contributed by atoms with Crippen molar-refractivity contribution in [2.24, 2.45) is 0 Å². The van der Waals surface area contributed by atoms with E-state index in [-0.39, 0.29) is 6.10 Å². The fraction of sp³-hybridized carbons (Fsp3) is 0.667. The molecule has 3 heteroatoms. The van der Waals surface area contributed by atoms with Gasteiger partial charge in [-0.15, -0.1) is 0 Å². The summed E-state index contributed by atoms with van der Waals surface area (Å²) < 4.78 is 10.2. The second-order valence-corrected chi connectivity index (χ2v) is 2.25. The Hall–Kier alpha value is -0.380. The Kier molecular flexibility index (Phi) is 1.08. The highest BCUT2D eigenvalue weighted by molar-refractivity contribution is 5.02. The highest BCUT2D eigenvalue weighted by atomic mass is 16.7. The lowest BCUT2D eigenvalue weighted by atomic mass is 10.2. The van der Waals surface area contributed by atoms with E-state index in [0.29, 0.717) is 6.61 Å². The van der Waals surface area contributed by atoms with Gasteiger partial charge in [-0.3, -0.25) is 0 Å². The summed E-state index contributed by atoms with van der Waals surface area (Å²) in [6.45, 7) is 0.582. The monoisotopic (exact) mass is 128 g/mol.